The van der Waals surface area contributed by atoms with Gasteiger partial charge in [-0.3, -0.25) is 0 Å². The van der Waals surface area contributed by atoms with Gasteiger partial charge in [0.1, 0.15) is 18.1 Å². The Kier molecular flexibility index (Phi) is 6.15. The predicted octanol–water partition coefficient (Wildman–Crippen LogP) is 4.21. The minimum atomic E-state index is -0.608. The lowest BCUT2D eigenvalue weighted by Crippen LogP contribution is -2.20. The first-order valence-electron chi connectivity index (χ1n) is 9.24. The van der Waals surface area contributed by atoms with Crippen LogP contribution in [0.15, 0.2) is 46.2 Å². The van der Waals surface area contributed by atoms with Gasteiger partial charge in [0, 0.05) is 12.8 Å². The molecule has 3 rings (SSSR count). The molecule has 1 N–H and O–H groups in total. The third kappa shape index (κ3) is 4.77. The van der Waals surface area contributed by atoms with E-state index >= 15 is 0 Å². The van der Waals surface area contributed by atoms with Crippen LogP contribution in [-0.2, 0) is 12.5 Å². The van der Waals surface area contributed by atoms with Gasteiger partial charge < -0.3 is 18.8 Å². The third-order valence-corrected chi connectivity index (χ3v) is 5.67. The van der Waals surface area contributed by atoms with Crippen molar-refractivity contribution in [2.75, 3.05) is 12.4 Å². The van der Waals surface area contributed by atoms with Gasteiger partial charge >= 0.3 is 0 Å². The summed E-state index contributed by atoms with van der Waals surface area (Å²) in [5.74, 6) is 2.78. The first-order valence-corrected chi connectivity index (χ1v) is 10.2. The average molecular weight is 402 g/mol. The number of thioether (sulfide) groups is 1. The molecule has 0 bridgehead atoms. The summed E-state index contributed by atoms with van der Waals surface area (Å²) in [4.78, 5) is 0. The molecule has 0 fully saturated rings. The van der Waals surface area contributed by atoms with E-state index in [9.17, 15) is 5.11 Å². The molecule has 0 spiro atoms. The SMILES string of the molecule is Cc1occc1-c1nnc(SC[C@H](O)COc2ccc(C(C)(C)C)cc2)n1C. The van der Waals surface area contributed by atoms with Gasteiger partial charge in [-0.05, 0) is 36.1 Å². The molecule has 6 nitrogen and oxygen atoms in total. The Hall–Kier alpha value is -2.25. The summed E-state index contributed by atoms with van der Waals surface area (Å²) in [6.45, 7) is 8.65. The van der Waals surface area contributed by atoms with Gasteiger partial charge in [0.05, 0.1) is 17.9 Å². The van der Waals surface area contributed by atoms with Crippen LogP contribution in [0.25, 0.3) is 11.4 Å². The second kappa shape index (κ2) is 8.41. The van der Waals surface area contributed by atoms with E-state index in [1.807, 2.05) is 36.7 Å². The fraction of sp³-hybridized carbons (Fsp3) is 0.429. The second-order valence-electron chi connectivity index (χ2n) is 7.81. The number of benzene rings is 1. The van der Waals surface area contributed by atoms with Gasteiger partial charge in [-0.25, -0.2) is 0 Å². The minimum absolute atomic E-state index is 0.110. The lowest BCUT2D eigenvalue weighted by atomic mass is 9.87. The largest absolute Gasteiger partial charge is 0.491 e. The van der Waals surface area contributed by atoms with Crippen LogP contribution in [0.1, 0.15) is 32.1 Å². The van der Waals surface area contributed by atoms with E-state index in [0.717, 1.165) is 28.1 Å². The number of hydrogen-bond acceptors (Lipinski definition) is 6. The Bertz CT molecular complexity index is 910. The van der Waals surface area contributed by atoms with Crippen molar-refractivity contribution in [1.82, 2.24) is 14.8 Å². The van der Waals surface area contributed by atoms with E-state index in [2.05, 4.69) is 43.1 Å². The Morgan fingerprint density at radius 1 is 1.18 bits per heavy atom. The number of furan rings is 1. The molecule has 0 unspecified atom stereocenters. The van der Waals surface area contributed by atoms with Crippen molar-refractivity contribution in [1.29, 1.82) is 0 Å². The van der Waals surface area contributed by atoms with Crippen molar-refractivity contribution in [3.8, 4) is 17.1 Å². The Balaban J connectivity index is 1.52. The predicted molar refractivity (Wildman–Crippen MR) is 111 cm³/mol. The smallest absolute Gasteiger partial charge is 0.191 e. The van der Waals surface area contributed by atoms with Crippen LogP contribution in [-0.4, -0.2) is 38.3 Å². The molecule has 150 valence electrons. The number of ether oxygens (including phenoxy) is 1. The summed E-state index contributed by atoms with van der Waals surface area (Å²) >= 11 is 1.45. The summed E-state index contributed by atoms with van der Waals surface area (Å²) in [5, 5.41) is 19.5. The maximum absolute atomic E-state index is 10.3. The first kappa shape index (κ1) is 20.5. The van der Waals surface area contributed by atoms with Gasteiger partial charge in [-0.15, -0.1) is 10.2 Å². The molecule has 0 aliphatic heterocycles. The summed E-state index contributed by atoms with van der Waals surface area (Å²) in [7, 11) is 1.91. The molecular weight excluding hydrogens is 374 g/mol. The molecule has 0 saturated heterocycles. The molecule has 1 aromatic carbocycles. The first-order chi connectivity index (χ1) is 13.3. The van der Waals surface area contributed by atoms with Gasteiger partial charge in [-0.2, -0.15) is 0 Å². The zero-order valence-electron chi connectivity index (χ0n) is 17.0. The number of aliphatic hydroxyl groups excluding tert-OH is 1. The van der Waals surface area contributed by atoms with Gasteiger partial charge in [0.2, 0.25) is 0 Å². The standard InChI is InChI=1S/C21H27N3O3S/c1-14-18(10-11-26-14)19-22-23-20(24(19)5)28-13-16(25)12-27-17-8-6-15(7-9-17)21(2,3)4/h6-11,16,25H,12-13H2,1-5H3/t16-/m1/s1. The monoisotopic (exact) mass is 401 g/mol. The summed E-state index contributed by atoms with van der Waals surface area (Å²) < 4.78 is 13.0. The van der Waals surface area contributed by atoms with Crippen LogP contribution < -0.4 is 4.74 Å². The minimum Gasteiger partial charge on any atom is -0.491 e. The van der Waals surface area contributed by atoms with Crippen LogP contribution in [0, 0.1) is 6.92 Å². The average Bonchev–Trinajstić information content (AvgIpc) is 3.23. The van der Waals surface area contributed by atoms with Crippen LogP contribution in [0.5, 0.6) is 5.75 Å². The van der Waals surface area contributed by atoms with Crippen LogP contribution >= 0.6 is 11.8 Å². The fourth-order valence-corrected chi connectivity index (χ4v) is 3.57. The topological polar surface area (TPSA) is 73.3 Å². The zero-order valence-corrected chi connectivity index (χ0v) is 17.8. The van der Waals surface area contributed by atoms with E-state index in [1.54, 1.807) is 6.26 Å². The molecule has 1 atom stereocenters. The number of nitrogens with zero attached hydrogens (tertiary/aromatic N) is 3. The van der Waals surface area contributed by atoms with E-state index < -0.39 is 6.10 Å². The van der Waals surface area contributed by atoms with Crippen molar-refractivity contribution in [3.05, 3.63) is 47.9 Å². The van der Waals surface area contributed by atoms with Crippen molar-refractivity contribution >= 4 is 11.8 Å². The number of hydrogen-bond donors (Lipinski definition) is 1. The van der Waals surface area contributed by atoms with E-state index in [0.29, 0.717) is 5.75 Å². The van der Waals surface area contributed by atoms with Crippen molar-refractivity contribution in [2.24, 2.45) is 7.05 Å². The molecule has 28 heavy (non-hydrogen) atoms. The molecule has 0 amide bonds. The normalized spacial score (nSPS) is 12.9. The van der Waals surface area contributed by atoms with Gasteiger partial charge in [0.25, 0.3) is 0 Å². The van der Waals surface area contributed by atoms with E-state index in [4.69, 9.17) is 9.15 Å². The maximum Gasteiger partial charge on any atom is 0.191 e. The summed E-state index contributed by atoms with van der Waals surface area (Å²) in [6.07, 6.45) is 1.03. The Labute approximate surface area is 169 Å². The molecular formula is C21H27N3O3S. The van der Waals surface area contributed by atoms with Crippen molar-refractivity contribution in [2.45, 2.75) is 44.4 Å². The summed E-state index contributed by atoms with van der Waals surface area (Å²) in [6, 6.07) is 9.90. The Morgan fingerprint density at radius 2 is 1.89 bits per heavy atom. The van der Waals surface area contributed by atoms with E-state index in [-0.39, 0.29) is 12.0 Å². The maximum atomic E-state index is 10.3. The van der Waals surface area contributed by atoms with Gasteiger partial charge in [-0.1, -0.05) is 44.7 Å². The molecule has 3 aromatic rings. The number of aromatic nitrogens is 3. The van der Waals surface area contributed by atoms with Crippen LogP contribution in [0.2, 0.25) is 0 Å². The molecule has 2 heterocycles. The quantitative estimate of drug-likeness (QED) is 0.598. The number of rotatable bonds is 7. The fourth-order valence-electron chi connectivity index (χ4n) is 2.75. The zero-order chi connectivity index (χ0) is 20.3. The summed E-state index contributed by atoms with van der Waals surface area (Å²) in [5.41, 5.74) is 2.28. The lowest BCUT2D eigenvalue weighted by Gasteiger charge is -2.19. The molecule has 0 aliphatic rings. The Morgan fingerprint density at radius 3 is 2.50 bits per heavy atom. The van der Waals surface area contributed by atoms with E-state index in [1.165, 1.54) is 17.3 Å². The molecule has 0 radical (unpaired) electrons. The second-order valence-corrected chi connectivity index (χ2v) is 8.79. The van der Waals surface area contributed by atoms with Crippen molar-refractivity contribution < 1.29 is 14.3 Å². The third-order valence-electron chi connectivity index (χ3n) is 4.50. The van der Waals surface area contributed by atoms with Gasteiger partial charge in [0.15, 0.2) is 11.0 Å². The highest BCUT2D eigenvalue weighted by Crippen LogP contribution is 2.27. The molecule has 0 saturated carbocycles. The number of aliphatic hydroxyl groups is 1. The highest BCUT2D eigenvalue weighted by Gasteiger charge is 2.17. The van der Waals surface area contributed by atoms with Crippen LogP contribution in [0.3, 0.4) is 0 Å². The highest BCUT2D eigenvalue weighted by atomic mass is 32.2. The lowest BCUT2D eigenvalue weighted by molar-refractivity contribution is 0.126. The highest BCUT2D eigenvalue weighted by molar-refractivity contribution is 7.99. The van der Waals surface area contributed by atoms with Crippen molar-refractivity contribution in [3.63, 3.8) is 0 Å². The molecule has 0 aliphatic carbocycles. The van der Waals surface area contributed by atoms with Crippen LogP contribution in [0.4, 0.5) is 0 Å². The number of aryl methyl sites for hydroxylation is 1. The molecule has 2 aromatic heterocycles. The molecule has 7 heteroatoms.